The normalized spacial score (nSPS) is 20.8. The zero-order valence-corrected chi connectivity index (χ0v) is 27.8. The van der Waals surface area contributed by atoms with Gasteiger partial charge in [-0.25, -0.2) is 13.4 Å². The molecule has 43 heavy (non-hydrogen) atoms. The molecule has 1 heterocycles. The molecule has 2 fully saturated rings. The zero-order valence-electron chi connectivity index (χ0n) is 27.0. The van der Waals surface area contributed by atoms with Crippen LogP contribution >= 0.6 is 12.1 Å². The molecule has 0 aromatic carbocycles. The van der Waals surface area contributed by atoms with Gasteiger partial charge in [0.2, 0.25) is 17.6 Å². The lowest BCUT2D eigenvalue weighted by Gasteiger charge is -2.37. The number of nitrogens with one attached hydrogen (secondary N) is 4. The molecule has 0 aromatic rings. The zero-order chi connectivity index (χ0) is 32.3. The van der Waals surface area contributed by atoms with Crippen molar-refractivity contribution in [1.29, 1.82) is 0 Å². The number of hydrogen-bond donors (Lipinski definition) is 4. The van der Waals surface area contributed by atoms with Crippen molar-refractivity contribution < 1.29 is 24.0 Å². The number of carbonyl (C=O) groups is 5. The molecule has 0 aromatic heterocycles. The van der Waals surface area contributed by atoms with Gasteiger partial charge in [0.15, 0.2) is 0 Å². The number of amides is 5. The monoisotopic (exact) mass is 623 g/mol. The summed E-state index contributed by atoms with van der Waals surface area (Å²) < 4.78 is 4.04. The highest BCUT2D eigenvalue weighted by atomic mass is 32.2. The topological polar surface area (TPSA) is 143 Å². The van der Waals surface area contributed by atoms with Gasteiger partial charge in [0.05, 0.1) is 6.54 Å². The van der Waals surface area contributed by atoms with Crippen LogP contribution in [0.2, 0.25) is 0 Å². The van der Waals surface area contributed by atoms with E-state index in [1.807, 2.05) is 32.4 Å². The SMILES string of the molecule is C=CCNC(=O)C(=O)CNC(=O)[C@@H]1C[C@@H](C)CN1C(=O)[C@@H](NC(=O)N[C@H](CN(C)SN(C)C)C(C)(C)C)C1CCCCC1. The van der Waals surface area contributed by atoms with E-state index in [0.717, 1.165) is 32.1 Å². The predicted molar refractivity (Wildman–Crippen MR) is 170 cm³/mol. The van der Waals surface area contributed by atoms with Crippen molar-refractivity contribution in [3.05, 3.63) is 12.7 Å². The first-order valence-electron chi connectivity index (χ1n) is 15.3. The molecule has 4 atom stereocenters. The van der Waals surface area contributed by atoms with E-state index < -0.39 is 42.3 Å². The predicted octanol–water partition coefficient (Wildman–Crippen LogP) is 1.93. The second-order valence-corrected chi connectivity index (χ2v) is 14.6. The van der Waals surface area contributed by atoms with Gasteiger partial charge in [0.25, 0.3) is 5.91 Å². The third-order valence-corrected chi connectivity index (χ3v) is 8.70. The maximum absolute atomic E-state index is 14.1. The van der Waals surface area contributed by atoms with Crippen LogP contribution in [0.3, 0.4) is 0 Å². The minimum atomic E-state index is -0.805. The van der Waals surface area contributed by atoms with E-state index in [1.165, 1.54) is 6.08 Å². The molecule has 1 aliphatic heterocycles. The van der Waals surface area contributed by atoms with Gasteiger partial charge in [-0.1, -0.05) is 53.0 Å². The largest absolute Gasteiger partial charge is 0.347 e. The average molecular weight is 624 g/mol. The van der Waals surface area contributed by atoms with Gasteiger partial charge >= 0.3 is 6.03 Å². The molecular weight excluding hydrogens is 570 g/mol. The number of Topliss-reactive ketones (excluding diaryl/α,β-unsaturated/α-hetero) is 1. The van der Waals surface area contributed by atoms with Crippen molar-refractivity contribution in [2.24, 2.45) is 17.3 Å². The second-order valence-electron chi connectivity index (χ2n) is 13.1. The number of rotatable bonds is 14. The highest BCUT2D eigenvalue weighted by Gasteiger charge is 2.43. The summed E-state index contributed by atoms with van der Waals surface area (Å²) in [6.45, 7) is 12.3. The number of nitrogens with zero attached hydrogens (tertiary/aromatic N) is 3. The molecule has 4 N–H and O–H groups in total. The number of hydrogen-bond acceptors (Lipinski definition) is 8. The summed E-state index contributed by atoms with van der Waals surface area (Å²) in [4.78, 5) is 66.4. The third kappa shape index (κ3) is 11.8. The van der Waals surface area contributed by atoms with Gasteiger partial charge in [-0.3, -0.25) is 19.2 Å². The molecule has 0 unspecified atom stereocenters. The van der Waals surface area contributed by atoms with Crippen LogP contribution in [0.5, 0.6) is 0 Å². The molecule has 5 amide bonds. The van der Waals surface area contributed by atoms with Crippen LogP contribution in [0.25, 0.3) is 0 Å². The first-order valence-corrected chi connectivity index (χ1v) is 16.0. The Balaban J connectivity index is 2.18. The number of likely N-dealkylation sites (N-methyl/N-ethyl adjacent to an activating group) is 1. The Bertz CT molecular complexity index is 996. The Morgan fingerprint density at radius 1 is 1.02 bits per heavy atom. The molecule has 1 saturated carbocycles. The molecule has 1 aliphatic carbocycles. The quantitative estimate of drug-likeness (QED) is 0.131. The van der Waals surface area contributed by atoms with Crippen molar-refractivity contribution >= 4 is 41.7 Å². The lowest BCUT2D eigenvalue weighted by atomic mass is 9.83. The van der Waals surface area contributed by atoms with Crippen LogP contribution in [0.4, 0.5) is 4.79 Å². The fourth-order valence-corrected chi connectivity index (χ4v) is 6.41. The van der Waals surface area contributed by atoms with E-state index in [-0.39, 0.29) is 35.7 Å². The smallest absolute Gasteiger partial charge is 0.315 e. The Morgan fingerprint density at radius 2 is 1.67 bits per heavy atom. The number of likely N-dealkylation sites (tertiary alicyclic amines) is 1. The van der Waals surface area contributed by atoms with Crippen LogP contribution in [0.1, 0.15) is 66.2 Å². The van der Waals surface area contributed by atoms with Gasteiger partial charge in [-0.15, -0.1) is 6.58 Å². The fourth-order valence-electron chi connectivity index (χ4n) is 5.64. The van der Waals surface area contributed by atoms with Gasteiger partial charge < -0.3 is 26.2 Å². The summed E-state index contributed by atoms with van der Waals surface area (Å²) in [6.07, 6.45) is 6.56. The standard InChI is InChI=1S/C30H53N7O5S/c1-9-15-31-27(40)23(38)17-32-26(39)22-16-20(2)18-37(22)28(41)25(21-13-11-10-12-14-21)34-29(42)33-24(30(3,4)5)19-36(8)43-35(6)7/h9,20-22,24-25H,1,10-19H2,2-8H3,(H,31,40)(H,32,39)(H2,33,34,42)/t20-,22+,24-,25+/m1/s1. The first-order chi connectivity index (χ1) is 20.1. The van der Waals surface area contributed by atoms with E-state index in [9.17, 15) is 24.0 Å². The van der Waals surface area contributed by atoms with E-state index in [0.29, 0.717) is 19.5 Å². The molecule has 2 aliphatic rings. The average Bonchev–Trinajstić information content (AvgIpc) is 3.33. The van der Waals surface area contributed by atoms with Crippen molar-refractivity contribution in [1.82, 2.24) is 34.8 Å². The molecule has 1 saturated heterocycles. The lowest BCUT2D eigenvalue weighted by Crippen LogP contribution is -2.60. The van der Waals surface area contributed by atoms with Gasteiger partial charge in [0, 0.05) is 37.8 Å². The molecule has 0 radical (unpaired) electrons. The van der Waals surface area contributed by atoms with Crippen molar-refractivity contribution in [3.8, 4) is 0 Å². The van der Waals surface area contributed by atoms with E-state index in [2.05, 4.69) is 52.9 Å². The fraction of sp³-hybridized carbons (Fsp3) is 0.767. The molecule has 12 nitrogen and oxygen atoms in total. The highest BCUT2D eigenvalue weighted by Crippen LogP contribution is 2.31. The molecular formula is C30H53N7O5S. The number of carbonyl (C=O) groups excluding carboxylic acids is 5. The maximum atomic E-state index is 14.1. The van der Waals surface area contributed by atoms with Crippen LogP contribution in [0.15, 0.2) is 12.7 Å². The summed E-state index contributed by atoms with van der Waals surface area (Å²) in [5.41, 5.74) is -0.240. The Kier molecular flexibility index (Phi) is 14.5. The van der Waals surface area contributed by atoms with Crippen LogP contribution < -0.4 is 21.3 Å². The second kappa shape index (κ2) is 17.0. The Labute approximate surface area is 261 Å². The summed E-state index contributed by atoms with van der Waals surface area (Å²) in [6, 6.07) is -2.17. The molecule has 0 bridgehead atoms. The lowest BCUT2D eigenvalue weighted by molar-refractivity contribution is -0.142. The van der Waals surface area contributed by atoms with E-state index in [4.69, 9.17) is 0 Å². The van der Waals surface area contributed by atoms with Crippen molar-refractivity contribution in [3.63, 3.8) is 0 Å². The van der Waals surface area contributed by atoms with Crippen molar-refractivity contribution in [2.45, 2.75) is 84.3 Å². The number of urea groups is 1. The minimum absolute atomic E-state index is 0.0400. The third-order valence-electron chi connectivity index (χ3n) is 7.95. The van der Waals surface area contributed by atoms with E-state index in [1.54, 1.807) is 17.0 Å². The first kappa shape index (κ1) is 36.6. The van der Waals surface area contributed by atoms with Crippen LogP contribution in [0, 0.1) is 17.3 Å². The molecule has 0 spiro atoms. The summed E-state index contributed by atoms with van der Waals surface area (Å²) in [5.74, 6) is -2.33. The van der Waals surface area contributed by atoms with Crippen LogP contribution in [-0.4, -0.2) is 108 Å². The molecule has 2 rings (SSSR count). The van der Waals surface area contributed by atoms with Gasteiger partial charge in [-0.2, -0.15) is 0 Å². The van der Waals surface area contributed by atoms with Gasteiger partial charge in [-0.05, 0) is 57.7 Å². The molecule has 244 valence electrons. The number of ketones is 1. The maximum Gasteiger partial charge on any atom is 0.315 e. The summed E-state index contributed by atoms with van der Waals surface area (Å²) >= 11 is 1.55. The highest BCUT2D eigenvalue weighted by molar-refractivity contribution is 7.94. The Hall–Kier alpha value is -2.64. The van der Waals surface area contributed by atoms with Crippen LogP contribution in [-0.2, 0) is 19.2 Å². The minimum Gasteiger partial charge on any atom is -0.347 e. The molecule has 13 heteroatoms. The van der Waals surface area contributed by atoms with E-state index >= 15 is 0 Å². The summed E-state index contributed by atoms with van der Waals surface area (Å²) in [7, 11) is 5.89. The summed E-state index contributed by atoms with van der Waals surface area (Å²) in [5, 5.41) is 11.1. The Morgan fingerprint density at radius 3 is 2.26 bits per heavy atom. The van der Waals surface area contributed by atoms with Crippen molar-refractivity contribution in [2.75, 3.05) is 47.3 Å². The van der Waals surface area contributed by atoms with Gasteiger partial charge in [0.1, 0.15) is 12.1 Å².